The van der Waals surface area contributed by atoms with Gasteiger partial charge in [-0.2, -0.15) is 0 Å². The molecule has 12 nitrogen and oxygen atoms in total. The second-order valence-electron chi connectivity index (χ2n) is 1.22. The summed E-state index contributed by atoms with van der Waals surface area (Å²) in [5.74, 6) is 0. The molecule has 2 radical (unpaired) electrons. The molecule has 0 heterocycles. The molecule has 0 saturated heterocycles. The molecule has 0 spiro atoms. The van der Waals surface area contributed by atoms with Gasteiger partial charge in [0.05, 0.1) is 0 Å². The fraction of sp³-hybridized carbons (Fsp3) is 0. The van der Waals surface area contributed by atoms with Crippen molar-refractivity contribution in [2.45, 2.75) is 0 Å². The zero-order chi connectivity index (χ0) is 13.5. The Labute approximate surface area is 128 Å². The van der Waals surface area contributed by atoms with E-state index in [1.54, 1.807) is 0 Å². The molecule has 0 aromatic carbocycles. The second kappa shape index (κ2) is 12.1. The molecule has 0 aromatic rings. The Balaban J connectivity index is -0.0000000400. The summed E-state index contributed by atoms with van der Waals surface area (Å²) in [5.41, 5.74) is 0. The maximum Gasteiger partial charge on any atom is 0.0311 e. The first-order valence-electron chi connectivity index (χ1n) is 2.00. The molecule has 0 fully saturated rings. The molecule has 0 aliphatic heterocycles. The first kappa shape index (κ1) is 30.8. The van der Waals surface area contributed by atoms with Gasteiger partial charge in [0.25, 0.3) is 0 Å². The number of hydrogen-bond donors (Lipinski definition) is 0. The van der Waals surface area contributed by atoms with Gasteiger partial charge in [-0.3, -0.25) is 25.3 Å². The molecule has 0 bridgehead atoms. The van der Waals surface area contributed by atoms with Crippen LogP contribution in [-0.4, -0.2) is 52.6 Å². The first-order valence-corrected chi connectivity index (χ1v) is 6.00. The van der Waals surface area contributed by atoms with Crippen molar-refractivity contribution >= 4 is 31.2 Å². The van der Waals surface area contributed by atoms with Crippen LogP contribution in [0.2, 0.25) is 0 Å². The fourth-order valence-corrected chi connectivity index (χ4v) is 0. The standard InChI is InChI=1S/2Ag.3H2O4S/c;;3*1-5(2,3)4/h;;3*(H2,1,2,3,4)/p-6. The van der Waals surface area contributed by atoms with Gasteiger partial charge in [-0.05, 0) is 0 Å². The summed E-state index contributed by atoms with van der Waals surface area (Å²) in [5, 5.41) is 0. The van der Waals surface area contributed by atoms with Crippen molar-refractivity contribution in [3.8, 4) is 0 Å². The van der Waals surface area contributed by atoms with Gasteiger partial charge in [-0.15, -0.1) is 0 Å². The van der Waals surface area contributed by atoms with E-state index in [0.717, 1.165) is 0 Å². The van der Waals surface area contributed by atoms with Crippen LogP contribution >= 0.6 is 0 Å². The predicted molar refractivity (Wildman–Crippen MR) is 31.4 cm³/mol. The van der Waals surface area contributed by atoms with E-state index in [-0.39, 0.29) is 44.8 Å². The Bertz CT molecular complexity index is 341. The molecule has 0 rings (SSSR count). The molecule has 17 heteroatoms. The molecular formula is Ag2O12S3-6. The summed E-state index contributed by atoms with van der Waals surface area (Å²) in [4.78, 5) is 0. The summed E-state index contributed by atoms with van der Waals surface area (Å²) in [7, 11) is -15.5. The van der Waals surface area contributed by atoms with Crippen LogP contribution < -0.4 is 0 Å². The zero-order valence-electron chi connectivity index (χ0n) is 6.73. The van der Waals surface area contributed by atoms with E-state index in [2.05, 4.69) is 0 Å². The Kier molecular flexibility index (Phi) is 22.0. The molecule has 0 aliphatic carbocycles. The second-order valence-corrected chi connectivity index (χ2v) is 3.67. The summed E-state index contributed by atoms with van der Waals surface area (Å²) >= 11 is 0. The number of rotatable bonds is 0. The minimum atomic E-state index is -5.17. The molecule has 0 amide bonds. The van der Waals surface area contributed by atoms with Crippen molar-refractivity contribution in [2.24, 2.45) is 0 Å². The van der Waals surface area contributed by atoms with Crippen LogP contribution in [0.25, 0.3) is 0 Å². The monoisotopic (exact) mass is 502 g/mol. The average molecular weight is 504 g/mol. The Hall–Kier alpha value is 1.09. The van der Waals surface area contributed by atoms with Gasteiger partial charge >= 0.3 is 0 Å². The molecule has 0 aliphatic rings. The first-order chi connectivity index (χ1) is 6.00. The maximum atomic E-state index is 8.52. The van der Waals surface area contributed by atoms with Crippen LogP contribution in [0.5, 0.6) is 0 Å². The summed E-state index contributed by atoms with van der Waals surface area (Å²) < 4.78 is 102. The van der Waals surface area contributed by atoms with Gasteiger partial charge in [0.1, 0.15) is 0 Å². The van der Waals surface area contributed by atoms with Crippen molar-refractivity contribution < 1.29 is 97.3 Å². The smallest absolute Gasteiger partial charge is 0.0311 e. The molecular weight excluding hydrogens is 504 g/mol. The molecule has 0 N–H and O–H groups in total. The van der Waals surface area contributed by atoms with E-state index < -0.39 is 31.2 Å². The van der Waals surface area contributed by atoms with E-state index in [4.69, 9.17) is 52.6 Å². The normalized spacial score (nSPS) is 10.2. The van der Waals surface area contributed by atoms with Gasteiger partial charge in [-0.25, -0.2) is 0 Å². The average Bonchev–Trinajstić information content (AvgIpc) is 1.41. The third kappa shape index (κ3) is 3270. The molecule has 0 saturated carbocycles. The van der Waals surface area contributed by atoms with Crippen molar-refractivity contribution in [3.63, 3.8) is 0 Å². The topological polar surface area (TPSA) is 241 Å². The molecule has 0 atom stereocenters. The summed E-state index contributed by atoms with van der Waals surface area (Å²) in [6.45, 7) is 0. The quantitative estimate of drug-likeness (QED) is 0.174. The van der Waals surface area contributed by atoms with E-state index in [9.17, 15) is 0 Å². The zero-order valence-corrected chi connectivity index (χ0v) is 12.1. The number of hydrogen-bond acceptors (Lipinski definition) is 12. The van der Waals surface area contributed by atoms with Gasteiger partial charge < -0.3 is 27.3 Å². The van der Waals surface area contributed by atoms with Crippen LogP contribution in [0.3, 0.4) is 0 Å². The van der Waals surface area contributed by atoms with E-state index >= 15 is 0 Å². The van der Waals surface area contributed by atoms with E-state index in [0.29, 0.717) is 0 Å². The fourth-order valence-electron chi connectivity index (χ4n) is 0. The van der Waals surface area contributed by atoms with Crippen molar-refractivity contribution in [2.75, 3.05) is 0 Å². The Morgan fingerprint density at radius 2 is 0.412 bits per heavy atom. The summed E-state index contributed by atoms with van der Waals surface area (Å²) in [6, 6.07) is 0. The predicted octanol–water partition coefficient (Wildman–Crippen LogP) is -4.02. The SMILES string of the molecule is O=S(=O)([O-])[O-].O=S(=O)([O-])[O-].O=S(=O)([O-])[O-].[Ag].[Ag]. The molecule has 0 unspecified atom stereocenters. The van der Waals surface area contributed by atoms with E-state index in [1.165, 1.54) is 0 Å². The van der Waals surface area contributed by atoms with Crippen molar-refractivity contribution in [3.05, 3.63) is 0 Å². The Morgan fingerprint density at radius 3 is 0.412 bits per heavy atom. The molecule has 17 heavy (non-hydrogen) atoms. The summed E-state index contributed by atoms with van der Waals surface area (Å²) in [6.07, 6.45) is 0. The molecule has 0 aromatic heterocycles. The van der Waals surface area contributed by atoms with Crippen LogP contribution in [0, 0.1) is 0 Å². The van der Waals surface area contributed by atoms with Crippen molar-refractivity contribution in [1.29, 1.82) is 0 Å². The van der Waals surface area contributed by atoms with Crippen LogP contribution in [0.1, 0.15) is 0 Å². The van der Waals surface area contributed by atoms with Crippen LogP contribution in [-0.2, 0) is 76.0 Å². The van der Waals surface area contributed by atoms with E-state index in [1.807, 2.05) is 0 Å². The van der Waals surface area contributed by atoms with Gasteiger partial charge in [0, 0.05) is 76.0 Å². The van der Waals surface area contributed by atoms with Gasteiger partial charge in [0.15, 0.2) is 0 Å². The van der Waals surface area contributed by atoms with Crippen molar-refractivity contribution in [1.82, 2.24) is 0 Å². The van der Waals surface area contributed by atoms with Crippen LogP contribution in [0.15, 0.2) is 0 Å². The van der Waals surface area contributed by atoms with Crippen LogP contribution in [0.4, 0.5) is 0 Å². The minimum Gasteiger partial charge on any atom is -0.759 e. The third-order valence-electron chi connectivity index (χ3n) is 0. The largest absolute Gasteiger partial charge is 0.759 e. The minimum absolute atomic E-state index is 0. The third-order valence-corrected chi connectivity index (χ3v) is 0. The van der Waals surface area contributed by atoms with Gasteiger partial charge in [0.2, 0.25) is 0 Å². The maximum absolute atomic E-state index is 8.52. The molecule has 118 valence electrons. The van der Waals surface area contributed by atoms with Gasteiger partial charge in [-0.1, -0.05) is 0 Å². The Morgan fingerprint density at radius 1 is 0.412 bits per heavy atom.